The number of rotatable bonds is 4. The van der Waals surface area contributed by atoms with Crippen LogP contribution in [0.5, 0.6) is 0 Å². The fraction of sp³-hybridized carbons (Fsp3) is 0.364. The van der Waals surface area contributed by atoms with Crippen molar-refractivity contribution in [3.05, 3.63) is 28.7 Å². The van der Waals surface area contributed by atoms with Crippen molar-refractivity contribution in [2.75, 3.05) is 13.1 Å². The molecule has 1 N–H and O–H groups in total. The Morgan fingerprint density at radius 3 is 2.67 bits per heavy atom. The van der Waals surface area contributed by atoms with E-state index in [0.717, 1.165) is 0 Å². The largest absolute Gasteiger partial charge is 0.481 e. The van der Waals surface area contributed by atoms with Gasteiger partial charge in [-0.1, -0.05) is 22.0 Å². The lowest BCUT2D eigenvalue weighted by Gasteiger charge is -2.37. The van der Waals surface area contributed by atoms with Crippen molar-refractivity contribution in [2.24, 2.45) is 5.92 Å². The molecule has 1 aliphatic heterocycles. The Bertz CT molecular complexity index is 566. The van der Waals surface area contributed by atoms with Gasteiger partial charge in [-0.15, -0.1) is 0 Å². The third-order valence-corrected chi connectivity index (χ3v) is 5.14. The molecule has 7 heteroatoms. The molecule has 0 amide bonds. The summed E-state index contributed by atoms with van der Waals surface area (Å²) in [5, 5.41) is 8.62. The van der Waals surface area contributed by atoms with Crippen molar-refractivity contribution in [1.29, 1.82) is 0 Å². The Morgan fingerprint density at radius 2 is 2.11 bits per heavy atom. The van der Waals surface area contributed by atoms with E-state index in [-0.39, 0.29) is 30.3 Å². The van der Waals surface area contributed by atoms with Crippen LogP contribution in [0.25, 0.3) is 0 Å². The number of aliphatic carboxylic acids is 1. The molecule has 0 spiro atoms. The average molecular weight is 334 g/mol. The zero-order chi connectivity index (χ0) is 13.3. The Hall–Kier alpha value is -0.920. The van der Waals surface area contributed by atoms with Crippen molar-refractivity contribution in [3.8, 4) is 0 Å². The second-order valence-corrected chi connectivity index (χ2v) is 7.10. The number of halogens is 1. The van der Waals surface area contributed by atoms with E-state index in [4.69, 9.17) is 5.11 Å². The van der Waals surface area contributed by atoms with Gasteiger partial charge in [0.25, 0.3) is 0 Å². The summed E-state index contributed by atoms with van der Waals surface area (Å²) in [5.74, 6) is -0.969. The first-order chi connectivity index (χ1) is 8.39. The zero-order valence-corrected chi connectivity index (χ0v) is 11.8. The Kier molecular flexibility index (Phi) is 3.74. The van der Waals surface area contributed by atoms with Gasteiger partial charge in [-0.25, -0.2) is 8.42 Å². The van der Waals surface area contributed by atoms with Crippen molar-refractivity contribution < 1.29 is 18.3 Å². The molecule has 2 rings (SSSR count). The predicted octanol–water partition coefficient (Wildman–Crippen LogP) is 1.54. The van der Waals surface area contributed by atoms with Crippen LogP contribution in [-0.2, 0) is 14.8 Å². The Labute approximate surface area is 114 Å². The Balaban J connectivity index is 2.08. The van der Waals surface area contributed by atoms with Gasteiger partial charge in [-0.2, -0.15) is 4.31 Å². The average Bonchev–Trinajstić information content (AvgIpc) is 2.22. The number of hydrogen-bond acceptors (Lipinski definition) is 3. The molecule has 0 atom stereocenters. The van der Waals surface area contributed by atoms with Crippen molar-refractivity contribution in [3.63, 3.8) is 0 Å². The maximum absolute atomic E-state index is 12.2. The second-order valence-electron chi connectivity index (χ2n) is 4.24. The molecule has 18 heavy (non-hydrogen) atoms. The van der Waals surface area contributed by atoms with Gasteiger partial charge >= 0.3 is 5.97 Å². The highest BCUT2D eigenvalue weighted by Crippen LogP contribution is 2.28. The molecule has 5 nitrogen and oxygen atoms in total. The highest BCUT2D eigenvalue weighted by molar-refractivity contribution is 9.10. The van der Waals surface area contributed by atoms with E-state index in [9.17, 15) is 13.2 Å². The lowest BCUT2D eigenvalue weighted by Crippen LogP contribution is -2.50. The first kappa shape index (κ1) is 13.5. The molecule has 1 aromatic rings. The smallest absolute Gasteiger partial charge is 0.303 e. The van der Waals surface area contributed by atoms with E-state index in [0.29, 0.717) is 4.47 Å². The van der Waals surface area contributed by atoms with Crippen molar-refractivity contribution in [2.45, 2.75) is 11.3 Å². The number of benzene rings is 1. The highest BCUT2D eigenvalue weighted by Gasteiger charge is 2.37. The topological polar surface area (TPSA) is 74.7 Å². The summed E-state index contributed by atoms with van der Waals surface area (Å²) >= 11 is 3.23. The molecule has 0 unspecified atom stereocenters. The summed E-state index contributed by atoms with van der Waals surface area (Å²) in [4.78, 5) is 10.7. The van der Waals surface area contributed by atoms with Gasteiger partial charge in [0.05, 0.1) is 11.3 Å². The van der Waals surface area contributed by atoms with E-state index < -0.39 is 16.0 Å². The van der Waals surface area contributed by atoms with E-state index in [1.807, 2.05) is 0 Å². The standard InChI is InChI=1S/C11H12BrNO4S/c12-9-2-1-3-10(5-9)18(16,17)13-6-8(7-13)4-11(14)15/h1-3,5,8H,4,6-7H2,(H,14,15). The number of carboxylic acids is 1. The monoisotopic (exact) mass is 333 g/mol. The maximum Gasteiger partial charge on any atom is 0.303 e. The number of hydrogen-bond donors (Lipinski definition) is 1. The van der Waals surface area contributed by atoms with Gasteiger partial charge in [0.1, 0.15) is 0 Å². The third kappa shape index (κ3) is 2.73. The normalized spacial score (nSPS) is 17.4. The van der Waals surface area contributed by atoms with Crippen molar-refractivity contribution >= 4 is 31.9 Å². The molecule has 1 heterocycles. The summed E-state index contributed by atoms with van der Waals surface area (Å²) in [5.41, 5.74) is 0. The fourth-order valence-corrected chi connectivity index (χ4v) is 4.06. The fourth-order valence-electron chi connectivity index (χ4n) is 1.87. The van der Waals surface area contributed by atoms with Crippen LogP contribution in [0.3, 0.4) is 0 Å². The lowest BCUT2D eigenvalue weighted by molar-refractivity contribution is -0.139. The first-order valence-electron chi connectivity index (χ1n) is 5.37. The number of nitrogens with zero attached hydrogens (tertiary/aromatic N) is 1. The van der Waals surface area contributed by atoms with Gasteiger partial charge in [-0.05, 0) is 24.1 Å². The molecule has 0 aromatic heterocycles. The molecule has 1 saturated heterocycles. The van der Waals surface area contributed by atoms with Gasteiger partial charge < -0.3 is 5.11 Å². The van der Waals surface area contributed by atoms with Crippen LogP contribution in [0, 0.1) is 5.92 Å². The summed E-state index contributed by atoms with van der Waals surface area (Å²) in [6, 6.07) is 6.48. The molecule has 0 saturated carbocycles. The molecular weight excluding hydrogens is 322 g/mol. The zero-order valence-electron chi connectivity index (χ0n) is 9.41. The van der Waals surface area contributed by atoms with Gasteiger partial charge in [0.15, 0.2) is 0 Å². The van der Waals surface area contributed by atoms with Gasteiger partial charge in [0.2, 0.25) is 10.0 Å². The van der Waals surface area contributed by atoms with Crippen LogP contribution >= 0.6 is 15.9 Å². The van der Waals surface area contributed by atoms with Crippen LogP contribution in [0.1, 0.15) is 6.42 Å². The molecule has 0 radical (unpaired) electrons. The second kappa shape index (κ2) is 4.99. The predicted molar refractivity (Wildman–Crippen MR) is 68.6 cm³/mol. The molecule has 1 aliphatic rings. The van der Waals surface area contributed by atoms with Crippen LogP contribution in [-0.4, -0.2) is 36.9 Å². The van der Waals surface area contributed by atoms with Gasteiger partial charge in [-0.3, -0.25) is 4.79 Å². The Morgan fingerprint density at radius 1 is 1.44 bits per heavy atom. The summed E-state index contributed by atoms with van der Waals surface area (Å²) in [6.07, 6.45) is 0.0184. The quantitative estimate of drug-likeness (QED) is 0.906. The minimum Gasteiger partial charge on any atom is -0.481 e. The van der Waals surface area contributed by atoms with E-state index in [1.54, 1.807) is 18.2 Å². The molecule has 98 valence electrons. The SMILES string of the molecule is O=C(O)CC1CN(S(=O)(=O)c2cccc(Br)c2)C1. The van der Waals surface area contributed by atoms with E-state index >= 15 is 0 Å². The number of carboxylic acid groups (broad SMARTS) is 1. The molecule has 0 aliphatic carbocycles. The number of sulfonamides is 1. The molecular formula is C11H12BrNO4S. The van der Waals surface area contributed by atoms with Crippen molar-refractivity contribution in [1.82, 2.24) is 4.31 Å². The summed E-state index contributed by atoms with van der Waals surface area (Å²) in [7, 11) is -3.48. The van der Waals surface area contributed by atoms with Crippen LogP contribution in [0.2, 0.25) is 0 Å². The van der Waals surface area contributed by atoms with Crippen LogP contribution in [0.15, 0.2) is 33.6 Å². The minimum atomic E-state index is -3.48. The van der Waals surface area contributed by atoms with Crippen LogP contribution < -0.4 is 0 Å². The summed E-state index contributed by atoms with van der Waals surface area (Å²) in [6.45, 7) is 0.558. The maximum atomic E-state index is 12.2. The molecule has 1 aromatic carbocycles. The van der Waals surface area contributed by atoms with E-state index in [1.165, 1.54) is 10.4 Å². The first-order valence-corrected chi connectivity index (χ1v) is 7.60. The third-order valence-electron chi connectivity index (χ3n) is 2.82. The summed E-state index contributed by atoms with van der Waals surface area (Å²) < 4.78 is 26.3. The minimum absolute atomic E-state index is 0.0184. The lowest BCUT2D eigenvalue weighted by atomic mass is 10.00. The van der Waals surface area contributed by atoms with Gasteiger partial charge in [0, 0.05) is 17.6 Å². The van der Waals surface area contributed by atoms with E-state index in [2.05, 4.69) is 15.9 Å². The molecule has 1 fully saturated rings. The van der Waals surface area contributed by atoms with Crippen LogP contribution in [0.4, 0.5) is 0 Å². The highest BCUT2D eigenvalue weighted by atomic mass is 79.9. The number of carbonyl (C=O) groups is 1. The molecule has 0 bridgehead atoms.